The number of hydrogen-bond donors (Lipinski definition) is 0. The molecule has 0 aromatic carbocycles. The molecule has 1 heterocycles. The minimum absolute atomic E-state index is 1.03. The second-order valence-electron chi connectivity index (χ2n) is 2.56. The van der Waals surface area contributed by atoms with E-state index in [-0.39, 0.29) is 0 Å². The molecule has 0 N–H and O–H groups in total. The molecule has 1 rings (SSSR count). The van der Waals surface area contributed by atoms with Gasteiger partial charge in [-0.3, -0.25) is 0 Å². The first-order valence-corrected chi connectivity index (χ1v) is 6.22. The van der Waals surface area contributed by atoms with E-state index in [1.54, 1.807) is 0 Å². The van der Waals surface area contributed by atoms with Gasteiger partial charge in [0.2, 0.25) is 0 Å². The van der Waals surface area contributed by atoms with E-state index in [9.17, 15) is 0 Å². The Bertz CT molecular complexity index is 219. The van der Waals surface area contributed by atoms with E-state index in [1.807, 2.05) is 19.1 Å². The molecular formula is C4H12BN3Si3. The molecule has 58 valence electrons. The van der Waals surface area contributed by atoms with Crippen LogP contribution in [-0.4, -0.2) is 47.5 Å². The Morgan fingerprint density at radius 3 is 2.55 bits per heavy atom. The molecule has 0 atom stereocenters. The van der Waals surface area contributed by atoms with Crippen molar-refractivity contribution in [1.29, 1.82) is 0 Å². The number of rotatable bonds is 2. The van der Waals surface area contributed by atoms with Crippen LogP contribution in [0.3, 0.4) is 0 Å². The maximum absolute atomic E-state index is 4.26. The predicted octanol–water partition coefficient (Wildman–Crippen LogP) is -3.72. The van der Waals surface area contributed by atoms with Crippen molar-refractivity contribution in [3.63, 3.8) is 0 Å². The molecule has 0 fully saturated rings. The van der Waals surface area contributed by atoms with Crippen LogP contribution in [0.25, 0.3) is 0 Å². The number of hydrogen-bond acceptors (Lipinski definition) is 3. The number of hydrazine groups is 1. The monoisotopic (exact) mass is 197 g/mol. The summed E-state index contributed by atoms with van der Waals surface area (Å²) in [5, 5.41) is 0. The Labute approximate surface area is 76.5 Å². The van der Waals surface area contributed by atoms with Crippen LogP contribution >= 0.6 is 0 Å². The van der Waals surface area contributed by atoms with Gasteiger partial charge in [-0.05, 0) is 0 Å². The second kappa shape index (κ2) is 3.95. The van der Waals surface area contributed by atoms with Gasteiger partial charge in [-0.15, -0.1) is 0 Å². The molecule has 0 aliphatic carbocycles. The zero-order valence-electron chi connectivity index (χ0n) is 7.15. The molecule has 0 saturated heterocycles. The van der Waals surface area contributed by atoms with Gasteiger partial charge in [0.1, 0.15) is 0 Å². The molecule has 0 aliphatic rings. The van der Waals surface area contributed by atoms with Gasteiger partial charge in [0.05, 0.1) is 0 Å². The SMILES string of the molecule is [SiH3]N([SiH3])N([SiH3])c1cccbn1. The molecular weight excluding hydrogens is 185 g/mol. The van der Waals surface area contributed by atoms with E-state index in [4.69, 9.17) is 0 Å². The van der Waals surface area contributed by atoms with Crippen molar-refractivity contribution in [2.24, 2.45) is 0 Å². The molecule has 7 heteroatoms. The van der Waals surface area contributed by atoms with Crippen LogP contribution in [0.4, 0.5) is 5.82 Å². The van der Waals surface area contributed by atoms with Crippen molar-refractivity contribution < 1.29 is 0 Å². The first-order chi connectivity index (χ1) is 5.22. The normalized spacial score (nSPS) is 10.6. The molecule has 0 amide bonds. The third kappa shape index (κ3) is 2.36. The summed E-state index contributed by atoms with van der Waals surface area (Å²) in [5.41, 5.74) is 0. The van der Waals surface area contributed by atoms with Crippen molar-refractivity contribution in [3.8, 4) is 0 Å². The fraction of sp³-hybridized carbons (Fsp3) is 0. The van der Waals surface area contributed by atoms with Gasteiger partial charge in [-0.1, -0.05) is 0 Å². The molecule has 0 bridgehead atoms. The van der Waals surface area contributed by atoms with Crippen LogP contribution in [0.15, 0.2) is 18.1 Å². The van der Waals surface area contributed by atoms with Crippen molar-refractivity contribution in [2.45, 2.75) is 0 Å². The van der Waals surface area contributed by atoms with E-state index < -0.39 is 0 Å². The Morgan fingerprint density at radius 1 is 1.36 bits per heavy atom. The summed E-state index contributed by atoms with van der Waals surface area (Å²) in [4.78, 5) is 4.26. The molecule has 0 aliphatic heterocycles. The minimum atomic E-state index is 1.03. The van der Waals surface area contributed by atoms with E-state index in [1.165, 1.54) is 0 Å². The van der Waals surface area contributed by atoms with Crippen molar-refractivity contribution in [1.82, 2.24) is 9.23 Å². The van der Waals surface area contributed by atoms with Crippen LogP contribution in [-0.2, 0) is 0 Å². The first kappa shape index (κ1) is 8.85. The summed E-state index contributed by atoms with van der Waals surface area (Å²) in [6.07, 6.45) is 0. The Morgan fingerprint density at radius 2 is 2.09 bits per heavy atom. The number of anilines is 1. The molecule has 1 aromatic rings. The topological polar surface area (TPSA) is 19.4 Å². The van der Waals surface area contributed by atoms with E-state index in [2.05, 4.69) is 20.0 Å². The molecule has 0 radical (unpaired) electrons. The van der Waals surface area contributed by atoms with E-state index in [0.29, 0.717) is 0 Å². The summed E-state index contributed by atoms with van der Waals surface area (Å²) in [6, 6.07) is 4.08. The standard InChI is InChI=1S/C4H12BN3Si3/c9-7(8(10)11)4-2-1-3-5-6-4/h1-3H,9-11H3. The Hall–Kier alpha value is -0.244. The van der Waals surface area contributed by atoms with Crippen LogP contribution in [0.5, 0.6) is 0 Å². The van der Waals surface area contributed by atoms with Crippen molar-refractivity contribution in [3.05, 3.63) is 18.1 Å². The molecule has 0 spiro atoms. The summed E-state index contributed by atoms with van der Waals surface area (Å²) >= 11 is 0. The summed E-state index contributed by atoms with van der Waals surface area (Å²) in [7, 11) is 5.07. The van der Waals surface area contributed by atoms with Crippen molar-refractivity contribution >= 4 is 44.1 Å². The zero-order chi connectivity index (χ0) is 8.27. The summed E-state index contributed by atoms with van der Waals surface area (Å²) in [6.45, 7) is 0. The quantitative estimate of drug-likeness (QED) is 0.359. The van der Waals surface area contributed by atoms with Gasteiger partial charge in [0.25, 0.3) is 0 Å². The van der Waals surface area contributed by atoms with Gasteiger partial charge in [-0.25, -0.2) is 0 Å². The van der Waals surface area contributed by atoms with Crippen molar-refractivity contribution in [2.75, 3.05) is 4.67 Å². The van der Waals surface area contributed by atoms with Crippen LogP contribution in [0.2, 0.25) is 0 Å². The second-order valence-corrected chi connectivity index (χ2v) is 7.78. The van der Waals surface area contributed by atoms with E-state index >= 15 is 0 Å². The van der Waals surface area contributed by atoms with Gasteiger partial charge in [0, 0.05) is 0 Å². The fourth-order valence-corrected chi connectivity index (χ4v) is 1.42. The Kier molecular flexibility index (Phi) is 3.18. The molecule has 0 unspecified atom stereocenters. The zero-order valence-corrected chi connectivity index (χ0v) is 13.2. The Balaban J connectivity index is 2.77. The summed E-state index contributed by atoms with van der Waals surface area (Å²) < 4.78 is 4.55. The van der Waals surface area contributed by atoms with Crippen LogP contribution in [0.1, 0.15) is 0 Å². The number of nitrogens with zero attached hydrogens (tertiary/aromatic N) is 3. The molecule has 3 nitrogen and oxygen atoms in total. The van der Waals surface area contributed by atoms with E-state index in [0.717, 1.165) is 37.0 Å². The van der Waals surface area contributed by atoms with Crippen LogP contribution < -0.4 is 4.67 Å². The average Bonchev–Trinajstić information content (AvgIpc) is 2.05. The van der Waals surface area contributed by atoms with Crippen LogP contribution in [0, 0.1) is 0 Å². The third-order valence-corrected chi connectivity index (χ3v) is 5.64. The predicted molar refractivity (Wildman–Crippen MR) is 59.7 cm³/mol. The maximum atomic E-state index is 4.26. The fourth-order valence-electron chi connectivity index (χ4n) is 0.750. The average molecular weight is 197 g/mol. The van der Waals surface area contributed by atoms with Gasteiger partial charge >= 0.3 is 76.1 Å². The first-order valence-electron chi connectivity index (χ1n) is 3.54. The molecule has 0 saturated carbocycles. The molecule has 11 heavy (non-hydrogen) atoms. The summed E-state index contributed by atoms with van der Waals surface area (Å²) in [5.74, 6) is 3.04. The number of aromatic nitrogens is 1. The van der Waals surface area contributed by atoms with Gasteiger partial charge in [0.15, 0.2) is 0 Å². The van der Waals surface area contributed by atoms with Gasteiger partial charge in [-0.2, -0.15) is 0 Å². The van der Waals surface area contributed by atoms with Gasteiger partial charge < -0.3 is 0 Å². The molecule has 1 aromatic heterocycles. The third-order valence-electron chi connectivity index (χ3n) is 1.58.